The van der Waals surface area contributed by atoms with Crippen molar-refractivity contribution >= 4 is 25.8 Å². The SMILES string of the molecule is COC(=O)c1ccc2cc(-c3ccc(C(C)(C)C)c(C45CC6CC(CC(C6)C4)C5)c3O[Si](C)C)ccc2c1. The van der Waals surface area contributed by atoms with Gasteiger partial charge in [-0.15, -0.1) is 0 Å². The number of methoxy groups -OCH3 is 1. The third-order valence-electron chi connectivity index (χ3n) is 9.41. The maximum absolute atomic E-state index is 12.1. The van der Waals surface area contributed by atoms with Gasteiger partial charge in [-0.2, -0.15) is 0 Å². The van der Waals surface area contributed by atoms with Gasteiger partial charge in [-0.05, 0) is 115 Å². The summed E-state index contributed by atoms with van der Waals surface area (Å²) in [6.07, 6.45) is 8.29. The Hall–Kier alpha value is -2.59. The van der Waals surface area contributed by atoms with Crippen molar-refractivity contribution in [3.63, 3.8) is 0 Å². The van der Waals surface area contributed by atoms with Crippen molar-refractivity contribution in [2.45, 2.75) is 83.2 Å². The average molecular weight is 526 g/mol. The van der Waals surface area contributed by atoms with Crippen molar-refractivity contribution in [1.82, 2.24) is 0 Å². The first-order valence-corrected chi connectivity index (χ1v) is 16.8. The van der Waals surface area contributed by atoms with E-state index in [0.717, 1.165) is 34.3 Å². The molecule has 0 aromatic heterocycles. The van der Waals surface area contributed by atoms with Gasteiger partial charge in [0.25, 0.3) is 9.04 Å². The van der Waals surface area contributed by atoms with Gasteiger partial charge < -0.3 is 9.16 Å². The minimum atomic E-state index is -0.981. The Bertz CT molecular complexity index is 1360. The standard InChI is InChI=1S/C34H41O3Si/c1-33(2,3)29-12-11-28(26-9-7-25-17-27(32(35)36-4)10-8-24(25)16-26)31(37-38(5)6)30(29)34-18-21-13-22(19-34)15-23(14-21)20-34/h7-12,16-17,21-23H,13-15,18-20H2,1-6H3. The Morgan fingerprint density at radius 1 is 0.868 bits per heavy atom. The molecule has 0 amide bonds. The van der Waals surface area contributed by atoms with Crippen LogP contribution in [0.2, 0.25) is 13.1 Å². The molecular formula is C34H41O3Si. The lowest BCUT2D eigenvalue weighted by Gasteiger charge is -2.58. The van der Waals surface area contributed by atoms with Crippen LogP contribution < -0.4 is 4.43 Å². The van der Waals surface area contributed by atoms with Crippen LogP contribution in [-0.4, -0.2) is 22.1 Å². The van der Waals surface area contributed by atoms with E-state index in [9.17, 15) is 4.79 Å². The van der Waals surface area contributed by atoms with Crippen LogP contribution in [0.4, 0.5) is 0 Å². The van der Waals surface area contributed by atoms with E-state index in [1.807, 2.05) is 18.2 Å². The quantitative estimate of drug-likeness (QED) is 0.247. The molecule has 0 aliphatic heterocycles. The summed E-state index contributed by atoms with van der Waals surface area (Å²) in [5.74, 6) is 3.49. The topological polar surface area (TPSA) is 35.5 Å². The lowest BCUT2D eigenvalue weighted by atomic mass is 9.47. The molecule has 4 aliphatic carbocycles. The van der Waals surface area contributed by atoms with Crippen molar-refractivity contribution in [2.75, 3.05) is 7.11 Å². The number of ether oxygens (including phenoxy) is 1. The second-order valence-electron chi connectivity index (χ2n) is 13.6. The highest BCUT2D eigenvalue weighted by atomic mass is 28.3. The second kappa shape index (κ2) is 9.26. The van der Waals surface area contributed by atoms with E-state index < -0.39 is 9.04 Å². The Kier molecular flexibility index (Phi) is 6.25. The second-order valence-corrected chi connectivity index (χ2v) is 15.6. The Morgan fingerprint density at radius 3 is 2.05 bits per heavy atom. The summed E-state index contributed by atoms with van der Waals surface area (Å²) in [4.78, 5) is 12.1. The molecule has 0 N–H and O–H groups in total. The van der Waals surface area contributed by atoms with Crippen LogP contribution in [0.1, 0.15) is 80.8 Å². The summed E-state index contributed by atoms with van der Waals surface area (Å²) >= 11 is 0. The fourth-order valence-corrected chi connectivity index (χ4v) is 8.97. The highest BCUT2D eigenvalue weighted by Gasteiger charge is 2.54. The average Bonchev–Trinajstić information content (AvgIpc) is 2.85. The van der Waals surface area contributed by atoms with Crippen LogP contribution in [-0.2, 0) is 15.6 Å². The smallest absolute Gasteiger partial charge is 0.337 e. The number of carbonyl (C=O) groups excluding carboxylic acids is 1. The van der Waals surface area contributed by atoms with E-state index in [2.05, 4.69) is 64.2 Å². The summed E-state index contributed by atoms with van der Waals surface area (Å²) in [5, 5.41) is 2.17. The summed E-state index contributed by atoms with van der Waals surface area (Å²) in [6, 6.07) is 17.1. The monoisotopic (exact) mass is 525 g/mol. The highest BCUT2D eigenvalue weighted by Crippen LogP contribution is 2.63. The molecule has 38 heavy (non-hydrogen) atoms. The number of benzene rings is 3. The van der Waals surface area contributed by atoms with Gasteiger partial charge in [-0.3, -0.25) is 0 Å². The summed E-state index contributed by atoms with van der Waals surface area (Å²) < 4.78 is 11.9. The van der Waals surface area contributed by atoms with E-state index in [4.69, 9.17) is 9.16 Å². The summed E-state index contributed by atoms with van der Waals surface area (Å²) in [6.45, 7) is 11.6. The van der Waals surface area contributed by atoms with Crippen molar-refractivity contribution < 1.29 is 14.0 Å². The molecular weight excluding hydrogens is 484 g/mol. The molecule has 0 saturated heterocycles. The lowest BCUT2D eigenvalue weighted by molar-refractivity contribution is -0.00655. The maximum Gasteiger partial charge on any atom is 0.337 e. The number of hydrogen-bond acceptors (Lipinski definition) is 3. The molecule has 4 fully saturated rings. The number of fused-ring (bicyclic) bond motifs is 1. The fourth-order valence-electron chi connectivity index (χ4n) is 8.35. The molecule has 0 unspecified atom stereocenters. The zero-order chi connectivity index (χ0) is 26.8. The minimum Gasteiger partial charge on any atom is -0.542 e. The molecule has 4 bridgehead atoms. The van der Waals surface area contributed by atoms with E-state index in [0.29, 0.717) is 5.56 Å². The third kappa shape index (κ3) is 4.39. The van der Waals surface area contributed by atoms with Crippen LogP contribution in [0, 0.1) is 17.8 Å². The summed E-state index contributed by atoms with van der Waals surface area (Å²) in [7, 11) is 0.447. The first-order chi connectivity index (χ1) is 18.1. The molecule has 0 atom stereocenters. The molecule has 4 heteroatoms. The van der Waals surface area contributed by atoms with E-state index in [1.165, 1.54) is 67.9 Å². The van der Waals surface area contributed by atoms with Gasteiger partial charge in [0.15, 0.2) is 0 Å². The number of rotatable bonds is 5. The molecule has 3 nitrogen and oxygen atoms in total. The van der Waals surface area contributed by atoms with Crippen LogP contribution in [0.5, 0.6) is 5.75 Å². The zero-order valence-electron chi connectivity index (χ0n) is 23.8. The predicted molar refractivity (Wildman–Crippen MR) is 157 cm³/mol. The Balaban J connectivity index is 1.55. The van der Waals surface area contributed by atoms with Crippen LogP contribution in [0.3, 0.4) is 0 Å². The highest BCUT2D eigenvalue weighted by molar-refractivity contribution is 6.49. The molecule has 0 heterocycles. The van der Waals surface area contributed by atoms with Gasteiger partial charge in [-0.25, -0.2) is 4.79 Å². The van der Waals surface area contributed by atoms with E-state index >= 15 is 0 Å². The molecule has 199 valence electrons. The maximum atomic E-state index is 12.1. The van der Waals surface area contributed by atoms with E-state index in [1.54, 1.807) is 0 Å². The van der Waals surface area contributed by atoms with Crippen molar-refractivity contribution in [3.8, 4) is 16.9 Å². The number of esters is 1. The van der Waals surface area contributed by atoms with Crippen LogP contribution in [0.15, 0.2) is 48.5 Å². The molecule has 1 radical (unpaired) electrons. The molecule has 7 rings (SSSR count). The van der Waals surface area contributed by atoms with Gasteiger partial charge >= 0.3 is 5.97 Å². The molecule has 3 aromatic carbocycles. The Labute approximate surface area is 229 Å². The largest absolute Gasteiger partial charge is 0.542 e. The third-order valence-corrected chi connectivity index (χ3v) is 10.0. The van der Waals surface area contributed by atoms with Crippen LogP contribution in [0.25, 0.3) is 21.9 Å². The molecule has 0 spiro atoms. The van der Waals surface area contributed by atoms with Gasteiger partial charge in [0.2, 0.25) is 0 Å². The van der Waals surface area contributed by atoms with Crippen molar-refractivity contribution in [2.24, 2.45) is 17.8 Å². The number of carbonyl (C=O) groups is 1. The minimum absolute atomic E-state index is 0.0529. The fraction of sp³-hybridized carbons (Fsp3) is 0.500. The molecule has 3 aromatic rings. The zero-order valence-corrected chi connectivity index (χ0v) is 24.8. The van der Waals surface area contributed by atoms with Crippen molar-refractivity contribution in [3.05, 3.63) is 65.2 Å². The van der Waals surface area contributed by atoms with Gasteiger partial charge in [-0.1, -0.05) is 51.1 Å². The van der Waals surface area contributed by atoms with Gasteiger partial charge in [0.1, 0.15) is 5.75 Å². The lowest BCUT2D eigenvalue weighted by Crippen LogP contribution is -2.49. The summed E-state index contributed by atoms with van der Waals surface area (Å²) in [5.41, 5.74) is 6.30. The van der Waals surface area contributed by atoms with E-state index in [-0.39, 0.29) is 16.8 Å². The van der Waals surface area contributed by atoms with Crippen LogP contribution >= 0.6 is 0 Å². The predicted octanol–water partition coefficient (Wildman–Crippen LogP) is 8.69. The molecule has 4 saturated carbocycles. The van der Waals surface area contributed by atoms with Gasteiger partial charge in [0.05, 0.1) is 12.7 Å². The van der Waals surface area contributed by atoms with Crippen molar-refractivity contribution in [1.29, 1.82) is 0 Å². The molecule has 4 aliphatic rings. The Morgan fingerprint density at radius 2 is 1.47 bits per heavy atom. The number of hydrogen-bond donors (Lipinski definition) is 0. The first kappa shape index (κ1) is 25.7. The van der Waals surface area contributed by atoms with Gasteiger partial charge in [0, 0.05) is 16.5 Å². The first-order valence-electron chi connectivity index (χ1n) is 14.3. The normalized spacial score (nSPS) is 26.2.